The molecule has 2 rings (SSSR count). The van der Waals surface area contributed by atoms with E-state index in [1.54, 1.807) is 6.07 Å². The Morgan fingerprint density at radius 2 is 2.07 bits per heavy atom. The van der Waals surface area contributed by atoms with Crippen molar-refractivity contribution in [2.45, 2.75) is 25.2 Å². The van der Waals surface area contributed by atoms with Crippen molar-refractivity contribution in [2.24, 2.45) is 0 Å². The van der Waals surface area contributed by atoms with Gasteiger partial charge in [0.1, 0.15) is 12.0 Å². The Kier molecular flexibility index (Phi) is 2.39. The van der Waals surface area contributed by atoms with Crippen molar-refractivity contribution in [2.75, 3.05) is 0 Å². The maximum Gasteiger partial charge on any atom is 0.157 e. The number of halogens is 3. The standard InChI is InChI=1S/C11H8F3N/c12-7-3-6(5-15)8-1-2-10(13)11(14)9(8)4-7/h3-4,10-11H,1-2H2. The minimum absolute atomic E-state index is 0.00898. The van der Waals surface area contributed by atoms with Gasteiger partial charge in [-0.1, -0.05) is 0 Å². The van der Waals surface area contributed by atoms with Gasteiger partial charge in [-0.3, -0.25) is 0 Å². The molecule has 0 aromatic heterocycles. The highest BCUT2D eigenvalue weighted by atomic mass is 19.2. The van der Waals surface area contributed by atoms with Gasteiger partial charge >= 0.3 is 0 Å². The molecule has 0 bridgehead atoms. The van der Waals surface area contributed by atoms with E-state index in [1.807, 2.05) is 0 Å². The van der Waals surface area contributed by atoms with E-state index in [4.69, 9.17) is 5.26 Å². The minimum atomic E-state index is -1.81. The number of alkyl halides is 2. The molecule has 0 spiro atoms. The molecule has 2 atom stereocenters. The van der Waals surface area contributed by atoms with E-state index in [0.29, 0.717) is 12.0 Å². The summed E-state index contributed by atoms with van der Waals surface area (Å²) < 4.78 is 39.5. The lowest BCUT2D eigenvalue weighted by atomic mass is 9.86. The van der Waals surface area contributed by atoms with E-state index in [9.17, 15) is 13.2 Å². The minimum Gasteiger partial charge on any atom is -0.244 e. The van der Waals surface area contributed by atoms with Crippen LogP contribution in [0.15, 0.2) is 12.1 Å². The third-order valence-electron chi connectivity index (χ3n) is 2.65. The number of hydrogen-bond donors (Lipinski definition) is 0. The van der Waals surface area contributed by atoms with Crippen LogP contribution in [0.4, 0.5) is 13.2 Å². The average molecular weight is 211 g/mol. The van der Waals surface area contributed by atoms with Crippen LogP contribution in [-0.4, -0.2) is 6.17 Å². The zero-order valence-corrected chi connectivity index (χ0v) is 7.80. The second-order valence-electron chi connectivity index (χ2n) is 3.59. The maximum atomic E-state index is 13.4. The summed E-state index contributed by atoms with van der Waals surface area (Å²) in [6.07, 6.45) is -3.06. The van der Waals surface area contributed by atoms with Crippen LogP contribution in [-0.2, 0) is 6.42 Å². The molecule has 0 saturated heterocycles. The highest BCUT2D eigenvalue weighted by molar-refractivity contribution is 5.46. The quantitative estimate of drug-likeness (QED) is 0.647. The van der Waals surface area contributed by atoms with Crippen molar-refractivity contribution < 1.29 is 13.2 Å². The molecule has 0 heterocycles. The van der Waals surface area contributed by atoms with Crippen molar-refractivity contribution in [1.82, 2.24) is 0 Å². The van der Waals surface area contributed by atoms with E-state index >= 15 is 0 Å². The zero-order valence-electron chi connectivity index (χ0n) is 7.80. The summed E-state index contributed by atoms with van der Waals surface area (Å²) in [5, 5.41) is 8.74. The molecule has 1 aliphatic carbocycles. The zero-order chi connectivity index (χ0) is 11.0. The topological polar surface area (TPSA) is 23.8 Å². The smallest absolute Gasteiger partial charge is 0.157 e. The van der Waals surface area contributed by atoms with Crippen molar-refractivity contribution in [1.29, 1.82) is 5.26 Å². The molecule has 0 saturated carbocycles. The number of benzene rings is 1. The summed E-state index contributed by atoms with van der Waals surface area (Å²) >= 11 is 0. The molecule has 1 aliphatic rings. The van der Waals surface area contributed by atoms with Crippen LogP contribution in [0, 0.1) is 17.1 Å². The van der Waals surface area contributed by atoms with Gasteiger partial charge in [0.2, 0.25) is 0 Å². The largest absolute Gasteiger partial charge is 0.244 e. The molecule has 2 unspecified atom stereocenters. The molecule has 0 aliphatic heterocycles. The third-order valence-corrected chi connectivity index (χ3v) is 2.65. The lowest BCUT2D eigenvalue weighted by Crippen LogP contribution is -2.19. The number of nitriles is 1. The molecular formula is C11H8F3N. The Morgan fingerprint density at radius 3 is 2.73 bits per heavy atom. The van der Waals surface area contributed by atoms with Gasteiger partial charge in [-0.05, 0) is 36.1 Å². The second-order valence-corrected chi connectivity index (χ2v) is 3.59. The van der Waals surface area contributed by atoms with Crippen LogP contribution >= 0.6 is 0 Å². The Morgan fingerprint density at radius 1 is 1.33 bits per heavy atom. The van der Waals surface area contributed by atoms with E-state index in [0.717, 1.165) is 12.1 Å². The monoisotopic (exact) mass is 211 g/mol. The molecule has 0 radical (unpaired) electrons. The molecular weight excluding hydrogens is 203 g/mol. The van der Waals surface area contributed by atoms with Crippen molar-refractivity contribution >= 4 is 0 Å². The van der Waals surface area contributed by atoms with Crippen LogP contribution in [0.3, 0.4) is 0 Å². The van der Waals surface area contributed by atoms with Gasteiger partial charge in [-0.2, -0.15) is 5.26 Å². The number of rotatable bonds is 0. The van der Waals surface area contributed by atoms with Crippen LogP contribution < -0.4 is 0 Å². The molecule has 1 aromatic carbocycles. The van der Waals surface area contributed by atoms with E-state index < -0.39 is 18.2 Å². The molecule has 78 valence electrons. The molecule has 4 heteroatoms. The molecule has 0 fully saturated rings. The average Bonchev–Trinajstić information content (AvgIpc) is 2.23. The van der Waals surface area contributed by atoms with Gasteiger partial charge in [0.05, 0.1) is 11.6 Å². The fourth-order valence-electron chi connectivity index (χ4n) is 1.91. The summed E-state index contributed by atoms with van der Waals surface area (Å²) in [6, 6.07) is 3.84. The van der Waals surface area contributed by atoms with Gasteiger partial charge < -0.3 is 0 Å². The highest BCUT2D eigenvalue weighted by Crippen LogP contribution is 2.36. The first-order valence-corrected chi connectivity index (χ1v) is 4.64. The van der Waals surface area contributed by atoms with Gasteiger partial charge in [0.25, 0.3) is 0 Å². The second kappa shape index (κ2) is 3.58. The van der Waals surface area contributed by atoms with Crippen molar-refractivity contribution in [3.8, 4) is 6.07 Å². The predicted molar refractivity (Wildman–Crippen MR) is 48.2 cm³/mol. The molecule has 0 amide bonds. The molecule has 0 N–H and O–H groups in total. The number of fused-ring (bicyclic) bond motifs is 1. The molecule has 1 aromatic rings. The lowest BCUT2D eigenvalue weighted by Gasteiger charge is -2.23. The van der Waals surface area contributed by atoms with E-state index in [-0.39, 0.29) is 17.5 Å². The molecule has 1 nitrogen and oxygen atoms in total. The summed E-state index contributed by atoms with van der Waals surface area (Å²) in [6.45, 7) is 0. The predicted octanol–water partition coefficient (Wildman–Crippen LogP) is 2.99. The first-order valence-electron chi connectivity index (χ1n) is 4.64. The van der Waals surface area contributed by atoms with Gasteiger partial charge in [-0.25, -0.2) is 13.2 Å². The first kappa shape index (κ1) is 10.0. The SMILES string of the molecule is N#Cc1cc(F)cc2c1CCC(F)C2F. The highest BCUT2D eigenvalue weighted by Gasteiger charge is 2.31. The maximum absolute atomic E-state index is 13.4. The van der Waals surface area contributed by atoms with E-state index in [1.165, 1.54) is 0 Å². The van der Waals surface area contributed by atoms with Crippen LogP contribution in [0.1, 0.15) is 29.3 Å². The first-order chi connectivity index (χ1) is 7.13. The Bertz CT molecular complexity index is 436. The van der Waals surface area contributed by atoms with Crippen LogP contribution in [0.25, 0.3) is 0 Å². The Balaban J connectivity index is 2.60. The fraction of sp³-hybridized carbons (Fsp3) is 0.364. The van der Waals surface area contributed by atoms with Crippen molar-refractivity contribution in [3.63, 3.8) is 0 Å². The number of nitrogens with zero attached hydrogens (tertiary/aromatic N) is 1. The lowest BCUT2D eigenvalue weighted by molar-refractivity contribution is 0.148. The Hall–Kier alpha value is -1.50. The Labute approximate surface area is 85.1 Å². The van der Waals surface area contributed by atoms with Gasteiger partial charge in [0.15, 0.2) is 6.17 Å². The van der Waals surface area contributed by atoms with Crippen LogP contribution in [0.2, 0.25) is 0 Å². The summed E-state index contributed by atoms with van der Waals surface area (Å²) in [4.78, 5) is 0. The van der Waals surface area contributed by atoms with E-state index in [2.05, 4.69) is 0 Å². The summed E-state index contributed by atoms with van der Waals surface area (Å²) in [5.74, 6) is -0.693. The third kappa shape index (κ3) is 1.58. The van der Waals surface area contributed by atoms with Crippen molar-refractivity contribution in [3.05, 3.63) is 34.6 Å². The fourth-order valence-corrected chi connectivity index (χ4v) is 1.91. The van der Waals surface area contributed by atoms with Gasteiger partial charge in [-0.15, -0.1) is 0 Å². The summed E-state index contributed by atoms with van der Waals surface area (Å²) in [7, 11) is 0. The normalized spacial score (nSPS) is 24.4. The summed E-state index contributed by atoms with van der Waals surface area (Å²) in [5.41, 5.74) is 0.546. The van der Waals surface area contributed by atoms with Crippen LogP contribution in [0.5, 0.6) is 0 Å². The van der Waals surface area contributed by atoms with Gasteiger partial charge in [0, 0.05) is 0 Å². The number of hydrogen-bond acceptors (Lipinski definition) is 1. The molecule has 15 heavy (non-hydrogen) atoms.